The molecule has 0 saturated heterocycles. The van der Waals surface area contributed by atoms with Crippen LogP contribution in [0.1, 0.15) is 40.6 Å². The van der Waals surface area contributed by atoms with Gasteiger partial charge in [-0.2, -0.15) is 5.10 Å². The first kappa shape index (κ1) is 19.5. The monoisotopic (exact) mass is 365 g/mol. The van der Waals surface area contributed by atoms with Crippen molar-refractivity contribution in [2.24, 2.45) is 0 Å². The van der Waals surface area contributed by atoms with Gasteiger partial charge in [0, 0.05) is 18.2 Å². The highest BCUT2D eigenvalue weighted by atomic mass is 19.1. The third-order valence-corrected chi connectivity index (χ3v) is 3.48. The van der Waals surface area contributed by atoms with Crippen LogP contribution in [0.25, 0.3) is 0 Å². The molecule has 0 saturated carbocycles. The van der Waals surface area contributed by atoms with Crippen LogP contribution < -0.4 is 16.0 Å². The molecule has 0 atom stereocenters. The van der Waals surface area contributed by atoms with Crippen molar-refractivity contribution in [2.45, 2.75) is 19.8 Å². The number of amides is 2. The number of H-pyrrole nitrogens is 1. The number of halogens is 2. The Morgan fingerprint density at radius 3 is 2.50 bits per heavy atom. The summed E-state index contributed by atoms with van der Waals surface area (Å²) in [6.07, 6.45) is 3.05. The SMILES string of the molecule is CCCNCCCNC(=O)c1[nH]ncc1NC(=O)c1cc(F)cc(F)c1. The summed E-state index contributed by atoms with van der Waals surface area (Å²) in [6, 6.07) is 2.48. The molecular weight excluding hydrogens is 344 g/mol. The van der Waals surface area contributed by atoms with Crippen molar-refractivity contribution in [1.82, 2.24) is 20.8 Å². The number of nitrogens with zero attached hydrogens (tertiary/aromatic N) is 1. The minimum atomic E-state index is -0.864. The predicted molar refractivity (Wildman–Crippen MR) is 93.0 cm³/mol. The molecule has 0 unspecified atom stereocenters. The summed E-state index contributed by atoms with van der Waals surface area (Å²) >= 11 is 0. The molecule has 0 aliphatic carbocycles. The van der Waals surface area contributed by atoms with E-state index in [1.807, 2.05) is 0 Å². The van der Waals surface area contributed by atoms with Crippen LogP contribution in [0.2, 0.25) is 0 Å². The molecule has 26 heavy (non-hydrogen) atoms. The lowest BCUT2D eigenvalue weighted by Crippen LogP contribution is -2.28. The van der Waals surface area contributed by atoms with Crippen LogP contribution in [-0.4, -0.2) is 41.6 Å². The summed E-state index contributed by atoms with van der Waals surface area (Å²) in [5.41, 5.74) is -0.00456. The second-order valence-corrected chi connectivity index (χ2v) is 5.63. The highest BCUT2D eigenvalue weighted by molar-refractivity contribution is 6.08. The molecule has 0 spiro atoms. The van der Waals surface area contributed by atoms with Gasteiger partial charge in [0.1, 0.15) is 17.3 Å². The summed E-state index contributed by atoms with van der Waals surface area (Å²) in [5.74, 6) is -2.91. The second-order valence-electron chi connectivity index (χ2n) is 5.63. The van der Waals surface area contributed by atoms with Gasteiger partial charge in [0.2, 0.25) is 0 Å². The molecule has 9 heteroatoms. The molecule has 0 aliphatic rings. The highest BCUT2D eigenvalue weighted by Gasteiger charge is 2.17. The number of rotatable bonds is 9. The minimum absolute atomic E-state index is 0.0664. The fourth-order valence-corrected chi connectivity index (χ4v) is 2.24. The van der Waals surface area contributed by atoms with Gasteiger partial charge in [-0.1, -0.05) is 6.92 Å². The van der Waals surface area contributed by atoms with Crippen molar-refractivity contribution in [3.8, 4) is 0 Å². The average Bonchev–Trinajstić information content (AvgIpc) is 3.05. The third-order valence-electron chi connectivity index (χ3n) is 3.48. The second kappa shape index (κ2) is 9.62. The Balaban J connectivity index is 1.92. The van der Waals surface area contributed by atoms with Crippen molar-refractivity contribution in [3.05, 3.63) is 47.3 Å². The number of aromatic amines is 1. The maximum absolute atomic E-state index is 13.2. The maximum Gasteiger partial charge on any atom is 0.271 e. The number of benzene rings is 1. The number of carbonyl (C=O) groups excluding carboxylic acids is 2. The first-order chi connectivity index (χ1) is 12.5. The Labute approximate surface area is 149 Å². The van der Waals surface area contributed by atoms with Crippen LogP contribution in [0.4, 0.5) is 14.5 Å². The minimum Gasteiger partial charge on any atom is -0.351 e. The van der Waals surface area contributed by atoms with Gasteiger partial charge in [-0.15, -0.1) is 0 Å². The van der Waals surface area contributed by atoms with Gasteiger partial charge in [-0.25, -0.2) is 8.78 Å². The van der Waals surface area contributed by atoms with Gasteiger partial charge in [0.25, 0.3) is 11.8 Å². The van der Waals surface area contributed by atoms with Crippen LogP contribution in [-0.2, 0) is 0 Å². The Morgan fingerprint density at radius 1 is 1.08 bits per heavy atom. The van der Waals surface area contributed by atoms with Crippen molar-refractivity contribution < 1.29 is 18.4 Å². The Bertz CT molecular complexity index is 743. The fourth-order valence-electron chi connectivity index (χ4n) is 2.24. The van der Waals surface area contributed by atoms with Crippen LogP contribution in [0.3, 0.4) is 0 Å². The number of hydrogen-bond acceptors (Lipinski definition) is 4. The lowest BCUT2D eigenvalue weighted by Gasteiger charge is -2.08. The Kier molecular flexibility index (Phi) is 7.22. The first-order valence-electron chi connectivity index (χ1n) is 8.31. The van der Waals surface area contributed by atoms with Crippen LogP contribution >= 0.6 is 0 Å². The summed E-state index contributed by atoms with van der Waals surface area (Å²) < 4.78 is 26.4. The summed E-state index contributed by atoms with van der Waals surface area (Å²) in [5, 5.41) is 14.6. The molecule has 1 heterocycles. The molecule has 1 aromatic heterocycles. The summed E-state index contributed by atoms with van der Waals surface area (Å²) in [6.45, 7) is 4.23. The molecule has 2 rings (SSSR count). The van der Waals surface area contributed by atoms with Crippen LogP contribution in [0, 0.1) is 11.6 Å². The quantitative estimate of drug-likeness (QED) is 0.511. The Morgan fingerprint density at radius 2 is 1.81 bits per heavy atom. The summed E-state index contributed by atoms with van der Waals surface area (Å²) in [7, 11) is 0. The van der Waals surface area contributed by atoms with Crippen molar-refractivity contribution >= 4 is 17.5 Å². The Hall–Kier alpha value is -2.81. The molecule has 0 radical (unpaired) electrons. The standard InChI is InChI=1S/C17H21F2N5O2/c1-2-4-20-5-3-6-21-17(26)15-14(10-22-24-15)23-16(25)11-7-12(18)9-13(19)8-11/h7-10,20H,2-6H2,1H3,(H,21,26)(H,22,24)(H,23,25). The summed E-state index contributed by atoms with van der Waals surface area (Å²) in [4.78, 5) is 24.3. The average molecular weight is 365 g/mol. The number of aromatic nitrogens is 2. The molecule has 1 aromatic carbocycles. The highest BCUT2D eigenvalue weighted by Crippen LogP contribution is 2.15. The van der Waals surface area contributed by atoms with Crippen LogP contribution in [0.15, 0.2) is 24.4 Å². The van der Waals surface area contributed by atoms with Gasteiger partial charge in [-0.3, -0.25) is 14.7 Å². The van der Waals surface area contributed by atoms with E-state index in [-0.39, 0.29) is 16.9 Å². The molecule has 0 fully saturated rings. The van der Waals surface area contributed by atoms with E-state index < -0.39 is 23.4 Å². The number of anilines is 1. The zero-order valence-electron chi connectivity index (χ0n) is 14.4. The van der Waals surface area contributed by atoms with E-state index in [1.54, 1.807) is 0 Å². The van der Waals surface area contributed by atoms with E-state index in [0.717, 1.165) is 38.1 Å². The first-order valence-corrected chi connectivity index (χ1v) is 8.31. The lowest BCUT2D eigenvalue weighted by atomic mass is 10.2. The van der Waals surface area contributed by atoms with Gasteiger partial charge < -0.3 is 16.0 Å². The van der Waals surface area contributed by atoms with Crippen LogP contribution in [0.5, 0.6) is 0 Å². The van der Waals surface area contributed by atoms with E-state index in [1.165, 1.54) is 6.20 Å². The van der Waals surface area contributed by atoms with Gasteiger partial charge in [-0.05, 0) is 38.1 Å². The molecular formula is C17H21F2N5O2. The largest absolute Gasteiger partial charge is 0.351 e. The molecule has 2 aromatic rings. The van der Waals surface area contributed by atoms with Gasteiger partial charge >= 0.3 is 0 Å². The van der Waals surface area contributed by atoms with Crippen molar-refractivity contribution in [3.63, 3.8) is 0 Å². The van der Waals surface area contributed by atoms with Gasteiger partial charge in [0.05, 0.1) is 11.9 Å². The number of hydrogen-bond donors (Lipinski definition) is 4. The molecule has 140 valence electrons. The molecule has 0 bridgehead atoms. The molecule has 2 amide bonds. The van der Waals surface area contributed by atoms with E-state index in [0.29, 0.717) is 12.6 Å². The molecule has 0 aliphatic heterocycles. The third kappa shape index (κ3) is 5.62. The van der Waals surface area contributed by atoms with Gasteiger partial charge in [0.15, 0.2) is 0 Å². The normalized spacial score (nSPS) is 10.6. The van der Waals surface area contributed by atoms with E-state index in [4.69, 9.17) is 0 Å². The van der Waals surface area contributed by atoms with Crippen molar-refractivity contribution in [1.29, 1.82) is 0 Å². The molecule has 7 nitrogen and oxygen atoms in total. The zero-order valence-corrected chi connectivity index (χ0v) is 14.4. The fraction of sp³-hybridized carbons (Fsp3) is 0.353. The van der Waals surface area contributed by atoms with E-state index >= 15 is 0 Å². The number of carbonyl (C=O) groups is 2. The topological polar surface area (TPSA) is 98.9 Å². The smallest absolute Gasteiger partial charge is 0.271 e. The number of nitrogens with one attached hydrogen (secondary N) is 4. The molecule has 4 N–H and O–H groups in total. The zero-order chi connectivity index (χ0) is 18.9. The van der Waals surface area contributed by atoms with E-state index in [2.05, 4.69) is 33.1 Å². The predicted octanol–water partition coefficient (Wildman–Crippen LogP) is 2.06. The van der Waals surface area contributed by atoms with Crippen molar-refractivity contribution in [2.75, 3.05) is 25.0 Å². The maximum atomic E-state index is 13.2. The lowest BCUT2D eigenvalue weighted by molar-refractivity contribution is 0.0949. The van der Waals surface area contributed by atoms with E-state index in [9.17, 15) is 18.4 Å².